The Labute approximate surface area is 112 Å². The number of ketones is 1. The third kappa shape index (κ3) is 3.11. The zero-order valence-electron chi connectivity index (χ0n) is 11.5. The van der Waals surface area contributed by atoms with Crippen LogP contribution >= 0.6 is 0 Å². The van der Waals surface area contributed by atoms with Crippen LogP contribution in [-0.2, 0) is 11.2 Å². The Morgan fingerprint density at radius 3 is 2.58 bits per heavy atom. The Hall–Kier alpha value is -1.90. The summed E-state index contributed by atoms with van der Waals surface area (Å²) in [5.74, 6) is 0.740. The predicted octanol–water partition coefficient (Wildman–Crippen LogP) is 3.34. The summed E-state index contributed by atoms with van der Waals surface area (Å²) in [6.07, 6.45) is 0.862. The van der Waals surface area contributed by atoms with Gasteiger partial charge in [0.05, 0.1) is 5.39 Å². The summed E-state index contributed by atoms with van der Waals surface area (Å²) in [5.41, 5.74) is -0.687. The van der Waals surface area contributed by atoms with Crippen molar-refractivity contribution in [3.8, 4) is 0 Å². The lowest BCUT2D eigenvalue weighted by Gasteiger charge is -2.15. The Bertz CT molecular complexity index is 659. The molecule has 0 radical (unpaired) electrons. The van der Waals surface area contributed by atoms with Gasteiger partial charge >= 0.3 is 5.63 Å². The Kier molecular flexibility index (Phi) is 3.56. The number of carbonyl (C=O) groups is 1. The lowest BCUT2D eigenvalue weighted by atomic mass is 9.88. The molecule has 1 heterocycles. The molecule has 0 saturated heterocycles. The summed E-state index contributed by atoms with van der Waals surface area (Å²) < 4.78 is 5.25. The lowest BCUT2D eigenvalue weighted by Crippen LogP contribution is -2.20. The number of benzene rings is 1. The quantitative estimate of drug-likeness (QED) is 0.848. The van der Waals surface area contributed by atoms with Crippen LogP contribution in [0.5, 0.6) is 0 Å². The summed E-state index contributed by atoms with van der Waals surface area (Å²) >= 11 is 0. The van der Waals surface area contributed by atoms with Crippen molar-refractivity contribution in [3.05, 3.63) is 46.5 Å². The second-order valence-corrected chi connectivity index (χ2v) is 5.76. The van der Waals surface area contributed by atoms with Gasteiger partial charge in [0.25, 0.3) is 0 Å². The van der Waals surface area contributed by atoms with Crippen LogP contribution in [0.3, 0.4) is 0 Å². The van der Waals surface area contributed by atoms with Gasteiger partial charge in [0.15, 0.2) is 0 Å². The molecule has 0 fully saturated rings. The third-order valence-corrected chi connectivity index (χ3v) is 3.16. The van der Waals surface area contributed by atoms with E-state index in [4.69, 9.17) is 4.42 Å². The van der Waals surface area contributed by atoms with E-state index in [0.29, 0.717) is 24.0 Å². The summed E-state index contributed by atoms with van der Waals surface area (Å²) in [7, 11) is 0. The molecule has 0 spiro atoms. The number of rotatable bonds is 3. The average Bonchev–Trinajstić information content (AvgIpc) is 2.35. The molecule has 0 unspecified atom stereocenters. The fraction of sp³-hybridized carbons (Fsp3) is 0.375. The van der Waals surface area contributed by atoms with Crippen molar-refractivity contribution in [1.82, 2.24) is 0 Å². The molecular weight excluding hydrogens is 240 g/mol. The van der Waals surface area contributed by atoms with Crippen LogP contribution in [0.15, 0.2) is 39.5 Å². The van der Waals surface area contributed by atoms with E-state index < -0.39 is 0 Å². The molecule has 19 heavy (non-hydrogen) atoms. The smallest absolute Gasteiger partial charge is 0.343 e. The van der Waals surface area contributed by atoms with E-state index in [-0.39, 0.29) is 16.8 Å². The van der Waals surface area contributed by atoms with Crippen molar-refractivity contribution in [3.63, 3.8) is 0 Å². The standard InChI is InChI=1S/C16H18O3/c1-16(2,3)14(17)9-8-12-10-11-6-4-5-7-13(11)15(18)19-12/h4-7,10H,8-9H2,1-3H3. The van der Waals surface area contributed by atoms with Crippen LogP contribution in [0.4, 0.5) is 0 Å². The molecule has 0 amide bonds. The monoisotopic (exact) mass is 258 g/mol. The number of Topliss-reactive ketones (excluding diaryl/α,β-unsaturated/α-hetero) is 1. The summed E-state index contributed by atoms with van der Waals surface area (Å²) in [5, 5.41) is 1.44. The lowest BCUT2D eigenvalue weighted by molar-refractivity contribution is -0.126. The van der Waals surface area contributed by atoms with Crippen LogP contribution in [0.1, 0.15) is 33.0 Å². The van der Waals surface area contributed by atoms with E-state index >= 15 is 0 Å². The van der Waals surface area contributed by atoms with Gasteiger partial charge in [-0.2, -0.15) is 0 Å². The first-order chi connectivity index (χ1) is 8.88. The molecule has 2 rings (SSSR count). The molecule has 3 heteroatoms. The molecule has 1 aromatic carbocycles. The van der Waals surface area contributed by atoms with Crippen molar-refractivity contribution in [2.24, 2.45) is 5.41 Å². The fourth-order valence-corrected chi connectivity index (χ4v) is 1.92. The van der Waals surface area contributed by atoms with Gasteiger partial charge in [0.1, 0.15) is 11.5 Å². The Balaban J connectivity index is 2.23. The first-order valence-corrected chi connectivity index (χ1v) is 6.43. The Morgan fingerprint density at radius 2 is 1.89 bits per heavy atom. The molecule has 0 aliphatic rings. The SMILES string of the molecule is CC(C)(C)C(=O)CCc1cc2ccccc2c(=O)o1. The predicted molar refractivity (Wildman–Crippen MR) is 75.3 cm³/mol. The maximum Gasteiger partial charge on any atom is 0.343 e. The molecule has 0 N–H and O–H groups in total. The Morgan fingerprint density at radius 1 is 1.21 bits per heavy atom. The molecule has 0 saturated carbocycles. The minimum absolute atomic E-state index is 0.170. The van der Waals surface area contributed by atoms with Crippen molar-refractivity contribution < 1.29 is 9.21 Å². The van der Waals surface area contributed by atoms with Crippen LogP contribution in [0.25, 0.3) is 10.8 Å². The first-order valence-electron chi connectivity index (χ1n) is 6.43. The van der Waals surface area contributed by atoms with E-state index in [0.717, 1.165) is 5.39 Å². The molecule has 0 aliphatic heterocycles. The highest BCUT2D eigenvalue weighted by Crippen LogP contribution is 2.19. The molecule has 1 aromatic heterocycles. The molecule has 0 atom stereocenters. The van der Waals surface area contributed by atoms with Crippen molar-refractivity contribution >= 4 is 16.6 Å². The highest BCUT2D eigenvalue weighted by molar-refractivity contribution is 5.84. The van der Waals surface area contributed by atoms with Crippen LogP contribution in [0, 0.1) is 5.41 Å². The highest BCUT2D eigenvalue weighted by Gasteiger charge is 2.20. The van der Waals surface area contributed by atoms with E-state index in [1.807, 2.05) is 45.0 Å². The molecule has 3 nitrogen and oxygen atoms in total. The van der Waals surface area contributed by atoms with Gasteiger partial charge in [-0.3, -0.25) is 4.79 Å². The van der Waals surface area contributed by atoms with Crippen LogP contribution in [0.2, 0.25) is 0 Å². The van der Waals surface area contributed by atoms with Crippen LogP contribution < -0.4 is 5.63 Å². The summed E-state index contributed by atoms with van der Waals surface area (Å²) in [4.78, 5) is 23.7. The topological polar surface area (TPSA) is 47.3 Å². The average molecular weight is 258 g/mol. The van der Waals surface area contributed by atoms with Gasteiger partial charge in [-0.1, -0.05) is 39.0 Å². The number of hydrogen-bond acceptors (Lipinski definition) is 3. The number of fused-ring (bicyclic) bond motifs is 1. The molecule has 100 valence electrons. The normalized spacial score (nSPS) is 11.7. The van der Waals surface area contributed by atoms with E-state index in [1.54, 1.807) is 6.07 Å². The third-order valence-electron chi connectivity index (χ3n) is 3.16. The van der Waals surface area contributed by atoms with Gasteiger partial charge in [-0.05, 0) is 17.5 Å². The minimum Gasteiger partial charge on any atom is -0.427 e. The number of hydrogen-bond donors (Lipinski definition) is 0. The fourth-order valence-electron chi connectivity index (χ4n) is 1.92. The zero-order chi connectivity index (χ0) is 14.0. The van der Waals surface area contributed by atoms with Gasteiger partial charge in [-0.25, -0.2) is 4.79 Å². The van der Waals surface area contributed by atoms with Crippen molar-refractivity contribution in [2.45, 2.75) is 33.6 Å². The maximum absolute atomic E-state index is 11.9. The molecule has 0 aliphatic carbocycles. The van der Waals surface area contributed by atoms with Gasteiger partial charge < -0.3 is 4.42 Å². The maximum atomic E-state index is 11.9. The van der Waals surface area contributed by atoms with Gasteiger partial charge in [0.2, 0.25) is 0 Å². The molecule has 0 bridgehead atoms. The van der Waals surface area contributed by atoms with Gasteiger partial charge in [0, 0.05) is 18.3 Å². The van der Waals surface area contributed by atoms with Crippen molar-refractivity contribution in [1.29, 1.82) is 0 Å². The molecular formula is C16H18O3. The second kappa shape index (κ2) is 5.00. The first kappa shape index (κ1) is 13.5. The molecule has 2 aromatic rings. The summed E-state index contributed by atoms with van der Waals surface area (Å²) in [6.45, 7) is 5.68. The minimum atomic E-state index is -0.350. The highest BCUT2D eigenvalue weighted by atomic mass is 16.4. The van der Waals surface area contributed by atoms with E-state index in [1.165, 1.54) is 0 Å². The number of aryl methyl sites for hydroxylation is 1. The largest absolute Gasteiger partial charge is 0.427 e. The van der Waals surface area contributed by atoms with Crippen LogP contribution in [-0.4, -0.2) is 5.78 Å². The van der Waals surface area contributed by atoms with Gasteiger partial charge in [-0.15, -0.1) is 0 Å². The number of carbonyl (C=O) groups excluding carboxylic acids is 1. The van der Waals surface area contributed by atoms with E-state index in [2.05, 4.69) is 0 Å². The van der Waals surface area contributed by atoms with E-state index in [9.17, 15) is 9.59 Å². The van der Waals surface area contributed by atoms with Crippen molar-refractivity contribution in [2.75, 3.05) is 0 Å². The summed E-state index contributed by atoms with van der Waals surface area (Å²) in [6, 6.07) is 9.15. The zero-order valence-corrected chi connectivity index (χ0v) is 11.5. The second-order valence-electron chi connectivity index (χ2n) is 5.76.